The third kappa shape index (κ3) is 5.25. The van der Waals surface area contributed by atoms with Crippen LogP contribution in [0.3, 0.4) is 0 Å². The summed E-state index contributed by atoms with van der Waals surface area (Å²) in [5.74, 6) is 0.256. The summed E-state index contributed by atoms with van der Waals surface area (Å²) < 4.78 is 5.15. The number of carbonyl (C=O) groups excluding carboxylic acids is 1. The van der Waals surface area contributed by atoms with Gasteiger partial charge in [-0.25, -0.2) is 9.59 Å². The van der Waals surface area contributed by atoms with E-state index in [9.17, 15) is 9.59 Å². The number of aliphatic carboxylic acids is 1. The van der Waals surface area contributed by atoms with Crippen LogP contribution in [0.2, 0.25) is 0 Å². The van der Waals surface area contributed by atoms with E-state index in [-0.39, 0.29) is 6.04 Å². The molecule has 1 rings (SSSR count). The fourth-order valence-corrected chi connectivity index (χ4v) is 1.97. The lowest BCUT2D eigenvalue weighted by molar-refractivity contribution is -0.139. The van der Waals surface area contributed by atoms with Gasteiger partial charge in [0.1, 0.15) is 11.8 Å². The standard InChI is InChI=1S/C12H18N2O4S/c1-8(10-4-3-6-18-10)13-12(17)14-9(11(15)16)5-7-19-2/h3-4,6,8-9H,5,7H2,1-2H3,(H,15,16)(H2,13,14,17). The lowest BCUT2D eigenvalue weighted by Crippen LogP contribution is -2.46. The Bertz CT molecular complexity index is 408. The second kappa shape index (κ2) is 7.73. The number of hydrogen-bond acceptors (Lipinski definition) is 4. The van der Waals surface area contributed by atoms with Gasteiger partial charge in [0.05, 0.1) is 12.3 Å². The van der Waals surface area contributed by atoms with Crippen LogP contribution in [0.5, 0.6) is 0 Å². The van der Waals surface area contributed by atoms with Gasteiger partial charge in [-0.05, 0) is 37.5 Å². The highest BCUT2D eigenvalue weighted by molar-refractivity contribution is 7.98. The first-order valence-corrected chi connectivity index (χ1v) is 7.26. The van der Waals surface area contributed by atoms with E-state index >= 15 is 0 Å². The number of carboxylic acid groups (broad SMARTS) is 1. The summed E-state index contributed by atoms with van der Waals surface area (Å²) in [7, 11) is 0. The number of thioether (sulfide) groups is 1. The number of nitrogens with one attached hydrogen (secondary N) is 2. The van der Waals surface area contributed by atoms with E-state index in [0.717, 1.165) is 0 Å². The molecule has 0 radical (unpaired) electrons. The third-order valence-corrected chi connectivity index (χ3v) is 3.18. The highest BCUT2D eigenvalue weighted by atomic mass is 32.2. The van der Waals surface area contributed by atoms with Crippen molar-refractivity contribution in [1.29, 1.82) is 0 Å². The fourth-order valence-electron chi connectivity index (χ4n) is 1.50. The molecular formula is C12H18N2O4S. The van der Waals surface area contributed by atoms with Crippen molar-refractivity contribution >= 4 is 23.8 Å². The molecule has 0 aliphatic carbocycles. The molecule has 2 atom stereocenters. The van der Waals surface area contributed by atoms with Crippen LogP contribution < -0.4 is 10.6 Å². The predicted octanol–water partition coefficient (Wildman–Crippen LogP) is 1.85. The Labute approximate surface area is 115 Å². The van der Waals surface area contributed by atoms with Crippen LogP contribution in [0.1, 0.15) is 25.1 Å². The highest BCUT2D eigenvalue weighted by Gasteiger charge is 2.20. The molecule has 0 spiro atoms. The minimum Gasteiger partial charge on any atom is -0.480 e. The highest BCUT2D eigenvalue weighted by Crippen LogP contribution is 2.11. The van der Waals surface area contributed by atoms with Gasteiger partial charge in [-0.15, -0.1) is 0 Å². The van der Waals surface area contributed by atoms with Crippen molar-refractivity contribution in [2.24, 2.45) is 0 Å². The molecule has 0 bridgehead atoms. The van der Waals surface area contributed by atoms with E-state index in [1.807, 2.05) is 6.26 Å². The van der Waals surface area contributed by atoms with Crippen molar-refractivity contribution in [1.82, 2.24) is 10.6 Å². The second-order valence-corrected chi connectivity index (χ2v) is 5.01. The fraction of sp³-hybridized carbons (Fsp3) is 0.500. The van der Waals surface area contributed by atoms with Crippen LogP contribution in [0, 0.1) is 0 Å². The molecule has 6 nitrogen and oxygen atoms in total. The molecule has 1 aromatic rings. The van der Waals surface area contributed by atoms with E-state index in [2.05, 4.69) is 10.6 Å². The average molecular weight is 286 g/mol. The van der Waals surface area contributed by atoms with Crippen LogP contribution >= 0.6 is 11.8 Å². The van der Waals surface area contributed by atoms with Gasteiger partial charge in [0.25, 0.3) is 0 Å². The van der Waals surface area contributed by atoms with Crippen LogP contribution in [-0.2, 0) is 4.79 Å². The molecule has 0 aromatic carbocycles. The smallest absolute Gasteiger partial charge is 0.326 e. The Hall–Kier alpha value is -1.63. The average Bonchev–Trinajstić information content (AvgIpc) is 2.87. The summed E-state index contributed by atoms with van der Waals surface area (Å²) in [5, 5.41) is 14.1. The molecule has 2 amide bonds. The van der Waals surface area contributed by atoms with Crippen LogP contribution in [0.25, 0.3) is 0 Å². The number of hydrogen-bond donors (Lipinski definition) is 3. The van der Waals surface area contributed by atoms with Crippen molar-refractivity contribution in [3.8, 4) is 0 Å². The Kier molecular flexibility index (Phi) is 6.27. The number of carboxylic acids is 1. The molecule has 0 saturated heterocycles. The van der Waals surface area contributed by atoms with Crippen LogP contribution in [0.4, 0.5) is 4.79 Å². The van der Waals surface area contributed by atoms with Crippen molar-refractivity contribution in [2.75, 3.05) is 12.0 Å². The number of amides is 2. The Balaban J connectivity index is 2.46. The van der Waals surface area contributed by atoms with Gasteiger partial charge in [-0.1, -0.05) is 0 Å². The topological polar surface area (TPSA) is 91.6 Å². The van der Waals surface area contributed by atoms with Crippen molar-refractivity contribution in [3.63, 3.8) is 0 Å². The van der Waals surface area contributed by atoms with E-state index in [1.54, 1.807) is 19.1 Å². The summed E-state index contributed by atoms with van der Waals surface area (Å²) in [6.07, 6.45) is 3.79. The lowest BCUT2D eigenvalue weighted by Gasteiger charge is -2.17. The molecule has 1 aromatic heterocycles. The summed E-state index contributed by atoms with van der Waals surface area (Å²) in [4.78, 5) is 22.7. The van der Waals surface area contributed by atoms with Gasteiger partial charge in [0.2, 0.25) is 0 Å². The monoisotopic (exact) mass is 286 g/mol. The molecule has 106 valence electrons. The first-order chi connectivity index (χ1) is 9.04. The lowest BCUT2D eigenvalue weighted by atomic mass is 10.2. The van der Waals surface area contributed by atoms with Crippen molar-refractivity contribution in [2.45, 2.75) is 25.4 Å². The maximum atomic E-state index is 11.7. The molecule has 0 aliphatic rings. The first kappa shape index (κ1) is 15.4. The van der Waals surface area contributed by atoms with Crippen LogP contribution in [0.15, 0.2) is 22.8 Å². The van der Waals surface area contributed by atoms with Gasteiger partial charge >= 0.3 is 12.0 Å². The molecule has 0 aliphatic heterocycles. The van der Waals surface area contributed by atoms with Gasteiger partial charge in [0, 0.05) is 0 Å². The van der Waals surface area contributed by atoms with Gasteiger partial charge in [-0.3, -0.25) is 0 Å². The van der Waals surface area contributed by atoms with Crippen molar-refractivity contribution in [3.05, 3.63) is 24.2 Å². The third-order valence-electron chi connectivity index (χ3n) is 2.53. The quantitative estimate of drug-likeness (QED) is 0.711. The number of rotatable bonds is 7. The van der Waals surface area contributed by atoms with E-state index in [4.69, 9.17) is 9.52 Å². The molecule has 7 heteroatoms. The number of furan rings is 1. The Morgan fingerprint density at radius 3 is 2.74 bits per heavy atom. The van der Waals surface area contributed by atoms with Gasteiger partial charge in [0.15, 0.2) is 0 Å². The van der Waals surface area contributed by atoms with E-state index < -0.39 is 18.0 Å². The number of carbonyl (C=O) groups is 2. The van der Waals surface area contributed by atoms with E-state index in [0.29, 0.717) is 17.9 Å². The molecule has 1 heterocycles. The largest absolute Gasteiger partial charge is 0.480 e. The van der Waals surface area contributed by atoms with E-state index in [1.165, 1.54) is 18.0 Å². The predicted molar refractivity (Wildman–Crippen MR) is 73.2 cm³/mol. The summed E-state index contributed by atoms with van der Waals surface area (Å²) in [6, 6.07) is 1.76. The maximum Gasteiger partial charge on any atom is 0.326 e. The van der Waals surface area contributed by atoms with Crippen molar-refractivity contribution < 1.29 is 19.1 Å². The zero-order valence-corrected chi connectivity index (χ0v) is 11.7. The summed E-state index contributed by atoms with van der Waals surface area (Å²) >= 11 is 1.54. The molecule has 19 heavy (non-hydrogen) atoms. The van der Waals surface area contributed by atoms with Crippen LogP contribution in [-0.4, -0.2) is 35.2 Å². The molecule has 2 unspecified atom stereocenters. The molecule has 0 fully saturated rings. The Morgan fingerprint density at radius 2 is 2.21 bits per heavy atom. The molecule has 3 N–H and O–H groups in total. The zero-order valence-electron chi connectivity index (χ0n) is 10.9. The summed E-state index contributed by atoms with van der Waals surface area (Å²) in [5.41, 5.74) is 0. The summed E-state index contributed by atoms with van der Waals surface area (Å²) in [6.45, 7) is 1.76. The maximum absolute atomic E-state index is 11.7. The minimum atomic E-state index is -1.03. The second-order valence-electron chi connectivity index (χ2n) is 4.03. The number of urea groups is 1. The normalized spacial score (nSPS) is 13.6. The SMILES string of the molecule is CSCCC(NC(=O)NC(C)c1ccco1)C(=O)O. The Morgan fingerprint density at radius 1 is 1.47 bits per heavy atom. The molecule has 0 saturated carbocycles. The zero-order chi connectivity index (χ0) is 14.3. The van der Waals surface area contributed by atoms with Gasteiger partial charge < -0.3 is 20.2 Å². The van der Waals surface area contributed by atoms with Gasteiger partial charge in [-0.2, -0.15) is 11.8 Å². The molecular weight excluding hydrogens is 268 g/mol. The first-order valence-electron chi connectivity index (χ1n) is 5.86. The minimum absolute atomic E-state index is 0.315.